The van der Waals surface area contributed by atoms with Gasteiger partial charge >= 0.3 is 5.97 Å². The molecule has 0 radical (unpaired) electrons. The molecule has 5 N–H and O–H groups in total. The lowest BCUT2D eigenvalue weighted by Gasteiger charge is -2.33. The van der Waals surface area contributed by atoms with E-state index in [-0.39, 0.29) is 4.99 Å². The summed E-state index contributed by atoms with van der Waals surface area (Å²) in [5, 5.41) is 18.3. The molecule has 0 saturated carbocycles. The van der Waals surface area contributed by atoms with E-state index in [0.29, 0.717) is 19.6 Å². The maximum Gasteiger partial charge on any atom is 0.327 e. The van der Waals surface area contributed by atoms with E-state index in [9.17, 15) is 13.2 Å². The molecule has 8 nitrogen and oxygen atoms in total. The highest BCUT2D eigenvalue weighted by atomic mass is 32.2. The first kappa shape index (κ1) is 18.0. The Hall–Kier alpha value is -1.00. The van der Waals surface area contributed by atoms with Crippen LogP contribution in [0.5, 0.6) is 0 Å². The molecule has 1 heterocycles. The number of carbonyl (C=O) groups is 1. The Morgan fingerprint density at radius 2 is 2.11 bits per heavy atom. The Labute approximate surface area is 113 Å². The predicted octanol–water partition coefficient (Wildman–Crippen LogP) is -1.12. The number of carboxylic acids is 1. The summed E-state index contributed by atoms with van der Waals surface area (Å²) in [5.41, 5.74) is 0. The Morgan fingerprint density at radius 1 is 1.47 bits per heavy atom. The number of piperazine rings is 1. The second-order valence-electron chi connectivity index (χ2n) is 4.01. The van der Waals surface area contributed by atoms with Crippen LogP contribution in [0.4, 0.5) is 0 Å². The maximum atomic E-state index is 11.1. The molecule has 0 amide bonds. The van der Waals surface area contributed by atoms with Gasteiger partial charge in [-0.05, 0) is 13.0 Å². The molecule has 0 bridgehead atoms. The van der Waals surface area contributed by atoms with E-state index in [2.05, 4.69) is 18.1 Å². The van der Waals surface area contributed by atoms with Gasteiger partial charge < -0.3 is 10.3 Å². The minimum atomic E-state index is -2.50. The van der Waals surface area contributed by atoms with E-state index in [0.717, 1.165) is 19.3 Å². The lowest BCUT2D eigenvalue weighted by molar-refractivity contribution is -0.140. The highest BCUT2D eigenvalue weighted by Gasteiger charge is 2.34. The van der Waals surface area contributed by atoms with Crippen LogP contribution in [0.15, 0.2) is 0 Å². The maximum absolute atomic E-state index is 11.1. The second-order valence-corrected chi connectivity index (χ2v) is 4.92. The Morgan fingerprint density at radius 3 is 2.58 bits per heavy atom. The minimum absolute atomic E-state index is 0.125. The summed E-state index contributed by atoms with van der Waals surface area (Å²) in [7, 11) is -2.50. The van der Waals surface area contributed by atoms with Crippen LogP contribution in [0.1, 0.15) is 26.2 Å². The zero-order chi connectivity index (χ0) is 14.8. The molecule has 1 fully saturated rings. The summed E-state index contributed by atoms with van der Waals surface area (Å²) < 4.78 is 21.9. The molecule has 112 valence electrons. The molecule has 0 aromatic rings. The molecule has 1 unspecified atom stereocenters. The molecule has 1 atom stereocenters. The van der Waals surface area contributed by atoms with Gasteiger partial charge in [-0.1, -0.05) is 19.8 Å². The van der Waals surface area contributed by atoms with Crippen molar-refractivity contribution < 1.29 is 23.5 Å². The molecule has 1 rings (SSSR count). The fourth-order valence-electron chi connectivity index (χ4n) is 1.94. The average Bonchev–Trinajstić information content (AvgIpc) is 2.40. The smallest absolute Gasteiger partial charge is 0.327 e. The third-order valence-corrected chi connectivity index (χ3v) is 3.50. The van der Waals surface area contributed by atoms with E-state index < -0.39 is 22.3 Å². The molecule has 19 heavy (non-hydrogen) atoms. The van der Waals surface area contributed by atoms with E-state index in [1.807, 2.05) is 0 Å². The number of rotatable bonds is 5. The number of hydrogen-bond acceptors (Lipinski definition) is 6. The summed E-state index contributed by atoms with van der Waals surface area (Å²) in [6.45, 7) is 3.71. The molecule has 0 aliphatic carbocycles. The largest absolute Gasteiger partial charge is 0.480 e. The number of unbranched alkanes of at least 4 members (excludes halogenated alkanes) is 2. The summed E-state index contributed by atoms with van der Waals surface area (Å²) >= 11 is 0. The Kier molecular flexibility index (Phi) is 9.35. The predicted molar refractivity (Wildman–Crippen MR) is 70.4 cm³/mol. The third-order valence-electron chi connectivity index (χ3n) is 2.77. The van der Waals surface area contributed by atoms with Gasteiger partial charge in [0, 0.05) is 13.1 Å². The Bertz CT molecular complexity index is 401. The fraction of sp³-hybridized carbons (Fsp3) is 0.800. The third kappa shape index (κ3) is 5.66. The highest BCUT2D eigenvalue weighted by molar-refractivity contribution is 7.73. The summed E-state index contributed by atoms with van der Waals surface area (Å²) in [6, 6.07) is -1.06. The molecule has 1 aliphatic rings. The molecule has 1 aliphatic heterocycles. The van der Waals surface area contributed by atoms with Crippen LogP contribution in [0.25, 0.3) is 0 Å². The van der Waals surface area contributed by atoms with Crippen LogP contribution >= 0.6 is 0 Å². The summed E-state index contributed by atoms with van der Waals surface area (Å²) in [4.78, 5) is 12.7. The topological polar surface area (TPSA) is 133 Å². The number of hydrogen-bond donors (Lipinski definition) is 4. The van der Waals surface area contributed by atoms with Crippen molar-refractivity contribution in [3.05, 3.63) is 0 Å². The SMILES string of the molecule is CCCCCN1CCNC(=S(=O)=O)C1C(=O)O.NO. The van der Waals surface area contributed by atoms with Gasteiger partial charge in [0.2, 0.25) is 10.3 Å². The van der Waals surface area contributed by atoms with Crippen LogP contribution in [-0.2, 0) is 15.1 Å². The number of nitrogens with two attached hydrogens (primary N) is 1. The van der Waals surface area contributed by atoms with Crippen molar-refractivity contribution in [1.82, 2.24) is 10.2 Å². The normalized spacial score (nSPS) is 19.5. The van der Waals surface area contributed by atoms with Crippen molar-refractivity contribution in [3.63, 3.8) is 0 Å². The highest BCUT2D eigenvalue weighted by Crippen LogP contribution is 2.08. The van der Waals surface area contributed by atoms with E-state index in [4.69, 9.17) is 10.3 Å². The minimum Gasteiger partial charge on any atom is -0.480 e. The lowest BCUT2D eigenvalue weighted by Crippen LogP contribution is -2.59. The van der Waals surface area contributed by atoms with E-state index >= 15 is 0 Å². The second kappa shape index (κ2) is 9.87. The molecular weight excluding hydrogens is 274 g/mol. The first-order valence-corrected chi connectivity index (χ1v) is 7.08. The molecule has 9 heteroatoms. The van der Waals surface area contributed by atoms with Crippen LogP contribution in [0.3, 0.4) is 0 Å². The van der Waals surface area contributed by atoms with Gasteiger partial charge in [0.1, 0.15) is 4.99 Å². The van der Waals surface area contributed by atoms with Gasteiger partial charge in [0.15, 0.2) is 6.04 Å². The average molecular weight is 295 g/mol. The van der Waals surface area contributed by atoms with Gasteiger partial charge in [-0.3, -0.25) is 15.0 Å². The van der Waals surface area contributed by atoms with E-state index in [1.165, 1.54) is 0 Å². The molecule has 0 spiro atoms. The van der Waals surface area contributed by atoms with E-state index in [1.54, 1.807) is 4.90 Å². The van der Waals surface area contributed by atoms with Crippen LogP contribution in [0, 0.1) is 0 Å². The zero-order valence-electron chi connectivity index (χ0n) is 10.9. The van der Waals surface area contributed by atoms with Crippen molar-refractivity contribution >= 4 is 21.3 Å². The van der Waals surface area contributed by atoms with Gasteiger partial charge in [-0.2, -0.15) is 8.42 Å². The van der Waals surface area contributed by atoms with Crippen LogP contribution in [-0.4, -0.2) is 60.3 Å². The van der Waals surface area contributed by atoms with Crippen molar-refractivity contribution in [2.45, 2.75) is 32.2 Å². The Balaban J connectivity index is 0.00000154. The first-order chi connectivity index (χ1) is 9.07. The fourth-order valence-corrected chi connectivity index (χ4v) is 2.59. The molecular formula is C10H21N3O5S. The van der Waals surface area contributed by atoms with Crippen molar-refractivity contribution in [2.75, 3.05) is 19.6 Å². The summed E-state index contributed by atoms with van der Waals surface area (Å²) in [5.74, 6) is 2.38. The van der Waals surface area contributed by atoms with Crippen LogP contribution < -0.4 is 11.2 Å². The standard InChI is InChI=1S/C10H18N2O4S.H3NO/c1-2-3-4-6-12-7-5-11-9(17(15)16)8(12)10(13)14;1-2/h8,11H,2-7H2,1H3,(H,13,14);2H,1H2. The van der Waals surface area contributed by atoms with Crippen molar-refractivity contribution in [1.29, 1.82) is 0 Å². The number of carboxylic acid groups (broad SMARTS) is 1. The lowest BCUT2D eigenvalue weighted by atomic mass is 10.1. The summed E-state index contributed by atoms with van der Waals surface area (Å²) in [6.07, 6.45) is 2.96. The number of nitrogens with zero attached hydrogens (tertiary/aromatic N) is 1. The van der Waals surface area contributed by atoms with Gasteiger partial charge in [0.25, 0.3) is 0 Å². The van der Waals surface area contributed by atoms with Crippen LogP contribution in [0.2, 0.25) is 0 Å². The first-order valence-electron chi connectivity index (χ1n) is 6.00. The van der Waals surface area contributed by atoms with Crippen molar-refractivity contribution in [3.8, 4) is 0 Å². The number of nitrogens with one attached hydrogen (secondary N) is 1. The van der Waals surface area contributed by atoms with Gasteiger partial charge in [-0.25, -0.2) is 5.90 Å². The molecule has 0 aromatic carbocycles. The number of aliphatic carboxylic acids is 1. The zero-order valence-corrected chi connectivity index (χ0v) is 11.7. The van der Waals surface area contributed by atoms with Gasteiger partial charge in [0.05, 0.1) is 0 Å². The monoisotopic (exact) mass is 295 g/mol. The quantitative estimate of drug-likeness (QED) is 0.285. The van der Waals surface area contributed by atoms with Crippen molar-refractivity contribution in [2.24, 2.45) is 5.90 Å². The molecule has 1 saturated heterocycles. The molecule has 0 aromatic heterocycles. The van der Waals surface area contributed by atoms with Gasteiger partial charge in [-0.15, -0.1) is 0 Å².